The van der Waals surface area contributed by atoms with Gasteiger partial charge in [-0.05, 0) is 52.9 Å². The number of rotatable bonds is 7. The Morgan fingerprint density at radius 3 is 2.78 bits per heavy atom. The number of allylic oxidation sites excluding steroid dienone is 3. The van der Waals surface area contributed by atoms with E-state index in [2.05, 4.69) is 32.9 Å². The molecule has 0 radical (unpaired) electrons. The molecule has 0 aromatic carbocycles. The van der Waals surface area contributed by atoms with Crippen molar-refractivity contribution < 1.29 is 9.16 Å². The van der Waals surface area contributed by atoms with E-state index >= 15 is 0 Å². The molecule has 1 atom stereocenters. The molecule has 3 heteroatoms. The first-order valence-corrected chi connectivity index (χ1v) is 8.56. The standard InChI is InChI=1S/C15H28O2Si/c1-13(2)7-6-8-14(3)10-12-17-18-15-9-4-5-11-16-15/h7,10,15H,4-6,8-9,11-12,18H2,1-3H3/b14-10+. The monoisotopic (exact) mass is 268 g/mol. The van der Waals surface area contributed by atoms with Gasteiger partial charge in [0.15, 0.2) is 9.76 Å². The topological polar surface area (TPSA) is 18.5 Å². The Morgan fingerprint density at radius 1 is 1.28 bits per heavy atom. The van der Waals surface area contributed by atoms with E-state index in [9.17, 15) is 0 Å². The SMILES string of the molecule is CC(C)=CCC/C(C)=C/CO[SiH2]C1CCCCO1. The van der Waals surface area contributed by atoms with E-state index in [1.54, 1.807) is 0 Å². The third-order valence-corrected chi connectivity index (χ3v) is 4.71. The molecule has 0 aromatic heterocycles. The molecule has 104 valence electrons. The maximum Gasteiger partial charge on any atom is 0.190 e. The van der Waals surface area contributed by atoms with Crippen molar-refractivity contribution in [3.8, 4) is 0 Å². The van der Waals surface area contributed by atoms with Crippen LogP contribution in [0.25, 0.3) is 0 Å². The summed E-state index contributed by atoms with van der Waals surface area (Å²) in [5.74, 6) is 0. The summed E-state index contributed by atoms with van der Waals surface area (Å²) < 4.78 is 11.5. The summed E-state index contributed by atoms with van der Waals surface area (Å²) in [5.41, 5.74) is 3.31. The Labute approximate surface area is 114 Å². The van der Waals surface area contributed by atoms with E-state index in [-0.39, 0.29) is 0 Å². The second-order valence-electron chi connectivity index (χ2n) is 5.40. The quantitative estimate of drug-likeness (QED) is 0.401. The molecule has 1 aliphatic rings. The van der Waals surface area contributed by atoms with Crippen LogP contribution in [0.2, 0.25) is 0 Å². The first kappa shape index (κ1) is 15.7. The summed E-state index contributed by atoms with van der Waals surface area (Å²) in [5, 5.41) is 0. The van der Waals surface area contributed by atoms with Gasteiger partial charge in [-0.15, -0.1) is 0 Å². The van der Waals surface area contributed by atoms with Gasteiger partial charge in [0.2, 0.25) is 0 Å². The summed E-state index contributed by atoms with van der Waals surface area (Å²) >= 11 is 0. The van der Waals surface area contributed by atoms with Crippen LogP contribution in [0.1, 0.15) is 52.9 Å². The smallest absolute Gasteiger partial charge is 0.190 e. The van der Waals surface area contributed by atoms with Gasteiger partial charge in [-0.3, -0.25) is 0 Å². The molecule has 0 aromatic rings. The van der Waals surface area contributed by atoms with Crippen LogP contribution in [0.3, 0.4) is 0 Å². The van der Waals surface area contributed by atoms with Crippen molar-refractivity contribution >= 4 is 9.76 Å². The zero-order valence-corrected chi connectivity index (χ0v) is 13.6. The molecule has 1 heterocycles. The minimum absolute atomic E-state index is 0.470. The molecular formula is C15H28O2Si. The van der Waals surface area contributed by atoms with Gasteiger partial charge >= 0.3 is 0 Å². The van der Waals surface area contributed by atoms with Crippen LogP contribution in [0.15, 0.2) is 23.3 Å². The molecule has 18 heavy (non-hydrogen) atoms. The lowest BCUT2D eigenvalue weighted by Gasteiger charge is -2.21. The molecular weight excluding hydrogens is 240 g/mol. The molecule has 1 unspecified atom stereocenters. The fourth-order valence-corrected chi connectivity index (χ4v) is 3.27. The molecule has 0 spiro atoms. The zero-order valence-electron chi connectivity index (χ0n) is 12.2. The van der Waals surface area contributed by atoms with E-state index in [0.717, 1.165) is 26.1 Å². The van der Waals surface area contributed by atoms with Crippen molar-refractivity contribution in [2.24, 2.45) is 0 Å². The highest BCUT2D eigenvalue weighted by Gasteiger charge is 2.13. The van der Waals surface area contributed by atoms with E-state index in [4.69, 9.17) is 9.16 Å². The lowest BCUT2D eigenvalue weighted by atomic mass is 10.1. The Balaban J connectivity index is 2.05. The highest BCUT2D eigenvalue weighted by Crippen LogP contribution is 2.11. The van der Waals surface area contributed by atoms with E-state index < -0.39 is 9.76 Å². The molecule has 1 aliphatic heterocycles. The van der Waals surface area contributed by atoms with Crippen molar-refractivity contribution in [3.63, 3.8) is 0 Å². The van der Waals surface area contributed by atoms with Gasteiger partial charge in [-0.25, -0.2) is 0 Å². The Hall–Kier alpha value is -0.383. The lowest BCUT2D eigenvalue weighted by Crippen LogP contribution is -2.27. The Bertz CT molecular complexity index is 274. The largest absolute Gasteiger partial charge is 0.418 e. The van der Waals surface area contributed by atoms with Crippen LogP contribution in [-0.2, 0) is 9.16 Å². The number of hydrogen-bond donors (Lipinski definition) is 0. The first-order valence-electron chi connectivity index (χ1n) is 7.17. The molecule has 0 N–H and O–H groups in total. The second-order valence-corrected chi connectivity index (χ2v) is 7.05. The van der Waals surface area contributed by atoms with Crippen LogP contribution < -0.4 is 0 Å². The number of ether oxygens (including phenoxy) is 1. The van der Waals surface area contributed by atoms with Gasteiger partial charge in [0.05, 0.1) is 12.3 Å². The molecule has 2 nitrogen and oxygen atoms in total. The van der Waals surface area contributed by atoms with Gasteiger partial charge in [-0.1, -0.05) is 23.3 Å². The van der Waals surface area contributed by atoms with Crippen LogP contribution in [0.4, 0.5) is 0 Å². The third-order valence-electron chi connectivity index (χ3n) is 3.22. The summed E-state index contributed by atoms with van der Waals surface area (Å²) in [6, 6.07) is 0. The summed E-state index contributed by atoms with van der Waals surface area (Å²) in [4.78, 5) is 0. The fraction of sp³-hybridized carbons (Fsp3) is 0.733. The van der Waals surface area contributed by atoms with Gasteiger partial charge in [0, 0.05) is 6.61 Å². The summed E-state index contributed by atoms with van der Waals surface area (Å²) in [6.07, 6.45) is 10.6. The zero-order chi connectivity index (χ0) is 13.2. The average molecular weight is 268 g/mol. The van der Waals surface area contributed by atoms with Gasteiger partial charge in [-0.2, -0.15) is 0 Å². The second kappa shape index (κ2) is 9.53. The maximum atomic E-state index is 5.79. The van der Waals surface area contributed by atoms with Crippen molar-refractivity contribution in [2.45, 2.75) is 58.6 Å². The molecule has 1 rings (SSSR count). The average Bonchev–Trinajstić information content (AvgIpc) is 2.35. The predicted molar refractivity (Wildman–Crippen MR) is 80.5 cm³/mol. The first-order chi connectivity index (χ1) is 8.68. The molecule has 0 saturated carbocycles. The Kier molecular flexibility index (Phi) is 8.30. The molecule has 1 fully saturated rings. The van der Waals surface area contributed by atoms with Crippen LogP contribution >= 0.6 is 0 Å². The normalized spacial score (nSPS) is 21.5. The molecule has 0 aliphatic carbocycles. The highest BCUT2D eigenvalue weighted by atomic mass is 28.2. The molecule has 0 amide bonds. The predicted octanol–water partition coefficient (Wildman–Crippen LogP) is 3.31. The van der Waals surface area contributed by atoms with Gasteiger partial charge < -0.3 is 9.16 Å². The third kappa shape index (κ3) is 7.85. The minimum atomic E-state index is -0.488. The molecule has 1 saturated heterocycles. The van der Waals surface area contributed by atoms with Crippen LogP contribution in [0, 0.1) is 0 Å². The van der Waals surface area contributed by atoms with Crippen molar-refractivity contribution in [1.82, 2.24) is 0 Å². The van der Waals surface area contributed by atoms with Crippen LogP contribution in [-0.4, -0.2) is 28.7 Å². The molecule has 0 bridgehead atoms. The van der Waals surface area contributed by atoms with Crippen molar-refractivity contribution in [1.29, 1.82) is 0 Å². The van der Waals surface area contributed by atoms with E-state index in [1.165, 1.54) is 30.4 Å². The van der Waals surface area contributed by atoms with E-state index in [1.807, 2.05) is 0 Å². The minimum Gasteiger partial charge on any atom is -0.418 e. The fourth-order valence-electron chi connectivity index (χ4n) is 2.03. The van der Waals surface area contributed by atoms with Crippen molar-refractivity contribution in [3.05, 3.63) is 23.3 Å². The van der Waals surface area contributed by atoms with E-state index in [0.29, 0.717) is 5.73 Å². The van der Waals surface area contributed by atoms with Crippen molar-refractivity contribution in [2.75, 3.05) is 13.2 Å². The highest BCUT2D eigenvalue weighted by molar-refractivity contribution is 6.29. The maximum absolute atomic E-state index is 5.79. The van der Waals surface area contributed by atoms with Gasteiger partial charge in [0.25, 0.3) is 0 Å². The van der Waals surface area contributed by atoms with Gasteiger partial charge in [0.1, 0.15) is 0 Å². The summed E-state index contributed by atoms with van der Waals surface area (Å²) in [7, 11) is -0.488. The summed E-state index contributed by atoms with van der Waals surface area (Å²) in [6.45, 7) is 8.22. The lowest BCUT2D eigenvalue weighted by molar-refractivity contribution is 0.0560. The van der Waals surface area contributed by atoms with Crippen LogP contribution in [0.5, 0.6) is 0 Å². The number of hydrogen-bond acceptors (Lipinski definition) is 2. The Morgan fingerprint density at radius 2 is 2.11 bits per heavy atom.